The Morgan fingerprint density at radius 2 is 1.11 bits per heavy atom. The van der Waals surface area contributed by atoms with E-state index in [1.807, 2.05) is 0 Å². The molecule has 37 nitrogen and oxygen atoms in total. The number of aromatic hydroxyl groups is 1. The fraction of sp³-hybridized carbons (Fsp3) is 0.677. The highest BCUT2D eigenvalue weighted by atomic mass is 16.4. The fourth-order valence-electron chi connectivity index (χ4n) is 12.5. The van der Waals surface area contributed by atoms with Crippen LogP contribution in [0.5, 0.6) is 5.75 Å². The highest BCUT2D eigenvalue weighted by molar-refractivity contribution is 5.99. The third-order valence-electron chi connectivity index (χ3n) is 18.3. The van der Waals surface area contributed by atoms with Gasteiger partial charge in [0, 0.05) is 65.3 Å². The average molecular weight is 1440 g/mol. The predicted octanol–water partition coefficient (Wildman–Crippen LogP) is -2.00. The number of carbonyl (C=O) groups excluding carboxylic acids is 8. The number of aliphatic imine (C=N–C) groups is 1. The monoisotopic (exact) mass is 1440 g/mol. The molecule has 0 unspecified atom stereocenters. The SMILES string of the molecule is CC[C@H](C)[C@H](NC(=O)[C@H](Cc1ccc(O)cc1)NC(=O)[C@@H]1CCCN1C(=O)[C@H](CCCN=C(N)N)NC(=O)[C@H](CCC1CCN(C(=N)N)CC1)NC(=O)[C@@H]1CCCN1C(=O)[C@@H](CCCCN)NC(=O)N(CCN(CCN(CC(=O)O)CC(=O)O)CC(=O)O)C(=O)O)C(=O)N[C@@H](CC(C)C)C(=O)O. The highest BCUT2D eigenvalue weighted by Gasteiger charge is 2.43. The third kappa shape index (κ3) is 28.4. The number of nitrogens with two attached hydrogens (primary N) is 4. The normalized spacial score (nSPS) is 17.4. The number of urea groups is 1. The minimum atomic E-state index is -1.80. The van der Waals surface area contributed by atoms with Crippen molar-refractivity contribution in [2.45, 2.75) is 179 Å². The van der Waals surface area contributed by atoms with Crippen molar-refractivity contribution in [1.82, 2.24) is 61.3 Å². The summed E-state index contributed by atoms with van der Waals surface area (Å²) in [6.07, 6.45) is 1.18. The molecule has 3 aliphatic rings. The molecule has 9 atom stereocenters. The average Bonchev–Trinajstić information content (AvgIpc) is 1.60. The molecule has 3 aliphatic heterocycles. The van der Waals surface area contributed by atoms with Crippen LogP contribution in [-0.4, -0.2) is 283 Å². The number of likely N-dealkylation sites (tertiary alicyclic amines) is 3. The van der Waals surface area contributed by atoms with Crippen molar-refractivity contribution in [1.29, 1.82) is 5.41 Å². The quantitative estimate of drug-likeness (QED) is 0.0191. The zero-order chi connectivity index (χ0) is 75.9. The number of phenolic OH excluding ortho intramolecular Hbond substituents is 1. The smallest absolute Gasteiger partial charge is 0.415 e. The number of imide groups is 1. The van der Waals surface area contributed by atoms with E-state index in [2.05, 4.69) is 36.9 Å². The Labute approximate surface area is 592 Å². The highest BCUT2D eigenvalue weighted by Crippen LogP contribution is 2.26. The van der Waals surface area contributed by atoms with Crippen LogP contribution in [0.25, 0.3) is 0 Å². The van der Waals surface area contributed by atoms with E-state index in [4.69, 9.17) is 28.3 Å². The Morgan fingerprint density at radius 3 is 1.62 bits per heavy atom. The summed E-state index contributed by atoms with van der Waals surface area (Å²) in [4.78, 5) is 187. The second-order valence-corrected chi connectivity index (χ2v) is 26.6. The number of carboxylic acid groups (broad SMARTS) is 5. The molecule has 1 aromatic rings. The lowest BCUT2D eigenvalue weighted by Crippen LogP contribution is -2.60. The van der Waals surface area contributed by atoms with E-state index < -0.39 is 164 Å². The van der Waals surface area contributed by atoms with Crippen molar-refractivity contribution in [2.75, 3.05) is 85.1 Å². The van der Waals surface area contributed by atoms with E-state index in [1.54, 1.807) is 32.6 Å². The van der Waals surface area contributed by atoms with Gasteiger partial charge in [0.15, 0.2) is 11.9 Å². The number of hydrogen-bond acceptors (Lipinski definition) is 19. The van der Waals surface area contributed by atoms with Crippen LogP contribution in [0.4, 0.5) is 9.59 Å². The number of unbranched alkanes of at least 4 members (excludes halogenated alkanes) is 1. The van der Waals surface area contributed by atoms with Crippen LogP contribution >= 0.6 is 0 Å². The molecule has 0 aromatic heterocycles. The van der Waals surface area contributed by atoms with E-state index in [0.29, 0.717) is 62.1 Å². The zero-order valence-electron chi connectivity index (χ0n) is 58.6. The molecule has 37 heteroatoms. The number of benzene rings is 1. The number of nitrogens with zero attached hydrogens (tertiary/aromatic N) is 7. The molecule has 0 radical (unpaired) electrons. The molecule has 0 spiro atoms. The largest absolute Gasteiger partial charge is 0.508 e. The number of piperidine rings is 1. The van der Waals surface area contributed by atoms with Crippen molar-refractivity contribution >= 4 is 89.3 Å². The van der Waals surface area contributed by atoms with Crippen molar-refractivity contribution in [3.8, 4) is 5.75 Å². The summed E-state index contributed by atoms with van der Waals surface area (Å²) in [5, 5.41) is 82.7. The van der Waals surface area contributed by atoms with Crippen LogP contribution in [0.2, 0.25) is 0 Å². The number of phenols is 1. The van der Waals surface area contributed by atoms with Crippen LogP contribution in [0.15, 0.2) is 29.3 Å². The van der Waals surface area contributed by atoms with Gasteiger partial charge in [-0.15, -0.1) is 0 Å². The number of hydrogen-bond donors (Lipinski definition) is 17. The molecule has 0 aliphatic carbocycles. The molecule has 21 N–H and O–H groups in total. The minimum absolute atomic E-state index is 0.00347. The van der Waals surface area contributed by atoms with E-state index in [0.717, 1.165) is 4.90 Å². The van der Waals surface area contributed by atoms with Gasteiger partial charge in [-0.25, -0.2) is 19.3 Å². The van der Waals surface area contributed by atoms with Crippen molar-refractivity contribution < 1.29 is 93.0 Å². The van der Waals surface area contributed by atoms with E-state index >= 15 is 9.59 Å². The van der Waals surface area contributed by atoms with Gasteiger partial charge in [-0.05, 0) is 132 Å². The summed E-state index contributed by atoms with van der Waals surface area (Å²) >= 11 is 0. The van der Waals surface area contributed by atoms with E-state index in [-0.39, 0.29) is 133 Å². The molecule has 4 rings (SSSR count). The fourth-order valence-corrected chi connectivity index (χ4v) is 12.5. The molecular weight excluding hydrogens is 1340 g/mol. The number of guanidine groups is 2. The Kier molecular flexibility index (Phi) is 35.4. The first kappa shape index (κ1) is 84.8. The molecular formula is C65H106N18O19. The number of rotatable bonds is 43. The van der Waals surface area contributed by atoms with Crippen molar-refractivity contribution in [3.05, 3.63) is 29.8 Å². The zero-order valence-corrected chi connectivity index (χ0v) is 58.6. The first-order valence-corrected chi connectivity index (χ1v) is 34.6. The topological polar surface area (TPSA) is 575 Å². The molecule has 3 saturated heterocycles. The number of amides is 10. The Hall–Kier alpha value is -9.65. The van der Waals surface area contributed by atoms with Gasteiger partial charge in [0.25, 0.3) is 0 Å². The van der Waals surface area contributed by atoms with E-state index in [1.165, 1.54) is 39.0 Å². The summed E-state index contributed by atoms with van der Waals surface area (Å²) < 4.78 is 0. The predicted molar refractivity (Wildman–Crippen MR) is 369 cm³/mol. The molecule has 3 heterocycles. The van der Waals surface area contributed by atoms with Gasteiger partial charge in [0.2, 0.25) is 41.4 Å². The van der Waals surface area contributed by atoms with Crippen molar-refractivity contribution in [2.24, 2.45) is 45.7 Å². The number of nitrogens with one attached hydrogen (secondary N) is 7. The van der Waals surface area contributed by atoms with Gasteiger partial charge in [-0.1, -0.05) is 46.2 Å². The van der Waals surface area contributed by atoms with Crippen LogP contribution in [0.1, 0.15) is 130 Å². The molecule has 570 valence electrons. The summed E-state index contributed by atoms with van der Waals surface area (Å²) in [6.45, 7) is 4.31. The van der Waals surface area contributed by atoms with E-state index in [9.17, 15) is 83.4 Å². The van der Waals surface area contributed by atoms with Crippen LogP contribution in [0, 0.1) is 23.2 Å². The summed E-state index contributed by atoms with van der Waals surface area (Å²) in [5.41, 5.74) is 23.4. The molecule has 1 aromatic carbocycles. The third-order valence-corrected chi connectivity index (χ3v) is 18.3. The second-order valence-electron chi connectivity index (χ2n) is 26.6. The standard InChI is InChI=1S/C65H106N18O19/c1-5-39(4)53(58(95)75-47(61(98)99)33-38(2)3)77-55(92)46(34-41-15-18-42(84)19-16-41)74-57(94)49-14-10-25-81(49)59(96)44(12-8-24-71-62(67)68)73-54(91)43(20-17-40-21-27-80(28-22-40)63(69)70)72-56(93)48-13-9-26-82(48)60(97)45(11-6-7-23-66)76-64(100)83(65(101)102)32-31-78(35-50(85)86)29-30-79(36-51(87)88)37-52(89)90/h15-16,18-19,38-40,43-49,53,84H,5-14,17,20-37,66H2,1-4H3,(H3,69,70)(H,72,93)(H,73,91)(H,74,94)(H,75,95)(H,76,100)(H,77,92)(H,85,86)(H,87,88)(H,89,90)(H,98,99)(H,101,102)(H4,67,68,71)/t39-,43-,44-,45+,46-,47-,48-,49-,53-/m0/s1. The molecule has 0 saturated carbocycles. The first-order valence-electron chi connectivity index (χ1n) is 34.6. The van der Waals surface area contributed by atoms with Crippen LogP contribution < -0.4 is 54.8 Å². The van der Waals surface area contributed by atoms with Gasteiger partial charge >= 0.3 is 36.0 Å². The van der Waals surface area contributed by atoms with Gasteiger partial charge in [-0.3, -0.25) is 68.1 Å². The van der Waals surface area contributed by atoms with Crippen LogP contribution in [0.3, 0.4) is 0 Å². The number of carbonyl (C=O) groups is 13. The Morgan fingerprint density at radius 1 is 0.598 bits per heavy atom. The minimum Gasteiger partial charge on any atom is -0.508 e. The molecule has 0 bridgehead atoms. The summed E-state index contributed by atoms with van der Waals surface area (Å²) in [6, 6.07) is -6.16. The van der Waals surface area contributed by atoms with Crippen molar-refractivity contribution in [3.63, 3.8) is 0 Å². The summed E-state index contributed by atoms with van der Waals surface area (Å²) in [5.74, 6) is -12.0. The lowest BCUT2D eigenvalue weighted by Gasteiger charge is -2.34. The first-order chi connectivity index (χ1) is 48.2. The van der Waals surface area contributed by atoms with Gasteiger partial charge < -0.3 is 100 Å². The van der Waals surface area contributed by atoms with Crippen LogP contribution in [-0.2, 0) is 59.2 Å². The van der Waals surface area contributed by atoms with Gasteiger partial charge in [-0.2, -0.15) is 0 Å². The number of aliphatic carboxylic acids is 4. The number of carboxylic acids is 4. The molecule has 3 fully saturated rings. The lowest BCUT2D eigenvalue weighted by atomic mass is 9.90. The second kappa shape index (κ2) is 42.6. The maximum atomic E-state index is 15.1. The van der Waals surface area contributed by atoms with Gasteiger partial charge in [0.05, 0.1) is 19.6 Å². The van der Waals surface area contributed by atoms with Gasteiger partial charge in [0.1, 0.15) is 54.1 Å². The molecule has 102 heavy (non-hydrogen) atoms. The summed E-state index contributed by atoms with van der Waals surface area (Å²) in [7, 11) is 0. The maximum Gasteiger partial charge on any atom is 0.415 e. The molecule has 10 amide bonds. The maximum absolute atomic E-state index is 15.1. The Bertz CT molecular complexity index is 3060. The lowest BCUT2D eigenvalue weighted by molar-refractivity contribution is -0.144. The Balaban J connectivity index is 1.65.